The normalized spacial score (nSPS) is 10.2. The van der Waals surface area contributed by atoms with Crippen LogP contribution in [0.2, 0.25) is 0 Å². The summed E-state index contributed by atoms with van der Waals surface area (Å²) in [4.78, 5) is 18.2. The first-order valence-electron chi connectivity index (χ1n) is 6.81. The summed E-state index contributed by atoms with van der Waals surface area (Å²) >= 11 is 0. The Morgan fingerprint density at radius 3 is 2.64 bits per heavy atom. The molecule has 0 fully saturated rings. The summed E-state index contributed by atoms with van der Waals surface area (Å²) in [5.74, 6) is 1.09. The Morgan fingerprint density at radius 2 is 1.91 bits per heavy atom. The number of benzene rings is 2. The molecule has 0 spiro atoms. The molecule has 5 heteroatoms. The van der Waals surface area contributed by atoms with E-state index in [1.54, 1.807) is 7.11 Å². The van der Waals surface area contributed by atoms with Crippen LogP contribution in [0.3, 0.4) is 0 Å². The molecular weight excluding hydrogens is 278 g/mol. The van der Waals surface area contributed by atoms with Crippen LogP contribution in [0.15, 0.2) is 65.7 Å². The third-order valence-electron chi connectivity index (χ3n) is 3.26. The van der Waals surface area contributed by atoms with E-state index >= 15 is 0 Å². The zero-order valence-corrected chi connectivity index (χ0v) is 12.0. The van der Waals surface area contributed by atoms with E-state index in [2.05, 4.69) is 15.3 Å². The first kappa shape index (κ1) is 13.9. The summed E-state index contributed by atoms with van der Waals surface area (Å²) in [6.45, 7) is 0. The number of nitrogens with zero attached hydrogens (tertiary/aromatic N) is 1. The molecule has 0 aliphatic heterocycles. The van der Waals surface area contributed by atoms with E-state index in [-0.39, 0.29) is 11.4 Å². The summed E-state index contributed by atoms with van der Waals surface area (Å²) in [7, 11) is 1.65. The van der Waals surface area contributed by atoms with Gasteiger partial charge in [0.25, 0.3) is 5.56 Å². The van der Waals surface area contributed by atoms with Crippen LogP contribution in [0.25, 0.3) is 11.1 Å². The van der Waals surface area contributed by atoms with Gasteiger partial charge in [-0.2, -0.15) is 0 Å². The van der Waals surface area contributed by atoms with Gasteiger partial charge in [0.2, 0.25) is 0 Å². The van der Waals surface area contributed by atoms with Crippen molar-refractivity contribution in [2.24, 2.45) is 0 Å². The maximum atomic E-state index is 11.6. The van der Waals surface area contributed by atoms with E-state index in [9.17, 15) is 4.79 Å². The number of nitrogens with one attached hydrogen (secondary N) is 2. The number of hydrogen-bond donors (Lipinski definition) is 2. The Labute approximate surface area is 127 Å². The minimum atomic E-state index is -0.251. The molecule has 0 radical (unpaired) electrons. The average Bonchev–Trinajstić information content (AvgIpc) is 2.58. The molecule has 0 aliphatic carbocycles. The van der Waals surface area contributed by atoms with Gasteiger partial charge in [0.05, 0.1) is 7.11 Å². The van der Waals surface area contributed by atoms with E-state index in [1.165, 1.54) is 12.4 Å². The zero-order valence-electron chi connectivity index (χ0n) is 12.0. The smallest absolute Gasteiger partial charge is 0.291 e. The maximum absolute atomic E-state index is 11.6. The van der Waals surface area contributed by atoms with Crippen LogP contribution in [-0.4, -0.2) is 17.1 Å². The highest BCUT2D eigenvalue weighted by atomic mass is 16.5. The van der Waals surface area contributed by atoms with Crippen LogP contribution in [0.4, 0.5) is 11.5 Å². The quantitative estimate of drug-likeness (QED) is 0.775. The van der Waals surface area contributed by atoms with Gasteiger partial charge >= 0.3 is 0 Å². The highest BCUT2D eigenvalue weighted by Gasteiger charge is 2.02. The summed E-state index contributed by atoms with van der Waals surface area (Å²) in [6.07, 6.45) is 3.04. The number of ether oxygens (including phenoxy) is 1. The van der Waals surface area contributed by atoms with Gasteiger partial charge in [0, 0.05) is 18.1 Å². The van der Waals surface area contributed by atoms with Gasteiger partial charge in [-0.05, 0) is 35.4 Å². The van der Waals surface area contributed by atoms with Crippen molar-refractivity contribution >= 4 is 11.5 Å². The van der Waals surface area contributed by atoms with E-state index in [4.69, 9.17) is 4.74 Å². The molecule has 1 aromatic heterocycles. The van der Waals surface area contributed by atoms with E-state index in [0.717, 1.165) is 22.6 Å². The third kappa shape index (κ3) is 2.98. The van der Waals surface area contributed by atoms with Gasteiger partial charge in [-0.1, -0.05) is 24.3 Å². The Hall–Kier alpha value is -3.08. The molecule has 1 heterocycles. The average molecular weight is 293 g/mol. The molecule has 3 aromatic rings. The highest BCUT2D eigenvalue weighted by molar-refractivity contribution is 5.68. The number of anilines is 2. The molecule has 3 rings (SSSR count). The molecular formula is C17H15N3O2. The number of aromatic nitrogens is 2. The molecule has 0 saturated carbocycles. The van der Waals surface area contributed by atoms with Crippen LogP contribution in [-0.2, 0) is 0 Å². The van der Waals surface area contributed by atoms with Crippen molar-refractivity contribution in [3.8, 4) is 16.9 Å². The first-order chi connectivity index (χ1) is 10.8. The molecule has 0 amide bonds. The SMILES string of the molecule is COc1cccc(-c2ccc(Nc3ncc[nH]c3=O)cc2)c1. The Morgan fingerprint density at radius 1 is 1.09 bits per heavy atom. The lowest BCUT2D eigenvalue weighted by atomic mass is 10.1. The van der Waals surface area contributed by atoms with Crippen LogP contribution >= 0.6 is 0 Å². The Kier molecular flexibility index (Phi) is 3.87. The molecule has 2 aromatic carbocycles. The summed E-state index contributed by atoms with van der Waals surface area (Å²) < 4.78 is 5.23. The molecule has 0 aliphatic rings. The number of hydrogen-bond acceptors (Lipinski definition) is 4. The zero-order chi connectivity index (χ0) is 15.4. The van der Waals surface area contributed by atoms with Gasteiger partial charge in [-0.3, -0.25) is 4.79 Å². The fourth-order valence-corrected chi connectivity index (χ4v) is 2.13. The molecule has 22 heavy (non-hydrogen) atoms. The van der Waals surface area contributed by atoms with Crippen molar-refractivity contribution in [2.45, 2.75) is 0 Å². The molecule has 0 bridgehead atoms. The minimum Gasteiger partial charge on any atom is -0.497 e. The second-order valence-electron chi connectivity index (χ2n) is 4.70. The molecule has 5 nitrogen and oxygen atoms in total. The molecule has 110 valence electrons. The van der Waals surface area contributed by atoms with Gasteiger partial charge in [0.1, 0.15) is 5.75 Å². The lowest BCUT2D eigenvalue weighted by Gasteiger charge is -2.07. The fraction of sp³-hybridized carbons (Fsp3) is 0.0588. The van der Waals surface area contributed by atoms with Gasteiger partial charge in [-0.15, -0.1) is 0 Å². The Bertz CT molecular complexity index is 826. The summed E-state index contributed by atoms with van der Waals surface area (Å²) in [5.41, 5.74) is 2.69. The predicted molar refractivity (Wildman–Crippen MR) is 86.6 cm³/mol. The lowest BCUT2D eigenvalue weighted by Crippen LogP contribution is -2.12. The van der Waals surface area contributed by atoms with Crippen molar-refractivity contribution in [3.63, 3.8) is 0 Å². The molecule has 2 N–H and O–H groups in total. The maximum Gasteiger partial charge on any atom is 0.291 e. The number of H-pyrrole nitrogens is 1. The van der Waals surface area contributed by atoms with E-state index < -0.39 is 0 Å². The summed E-state index contributed by atoms with van der Waals surface area (Å²) in [6, 6.07) is 15.6. The number of aromatic amines is 1. The second-order valence-corrected chi connectivity index (χ2v) is 4.70. The van der Waals surface area contributed by atoms with Crippen LogP contribution in [0.5, 0.6) is 5.75 Å². The molecule has 0 atom stereocenters. The first-order valence-corrected chi connectivity index (χ1v) is 6.81. The van der Waals surface area contributed by atoms with Crippen molar-refractivity contribution < 1.29 is 4.74 Å². The lowest BCUT2D eigenvalue weighted by molar-refractivity contribution is 0.415. The van der Waals surface area contributed by atoms with Gasteiger partial charge < -0.3 is 15.0 Å². The summed E-state index contributed by atoms with van der Waals surface area (Å²) in [5, 5.41) is 2.99. The third-order valence-corrected chi connectivity index (χ3v) is 3.26. The monoisotopic (exact) mass is 293 g/mol. The van der Waals surface area contributed by atoms with E-state index in [1.807, 2.05) is 48.5 Å². The Balaban J connectivity index is 1.83. The van der Waals surface area contributed by atoms with Crippen LogP contribution in [0, 0.1) is 0 Å². The van der Waals surface area contributed by atoms with E-state index in [0.29, 0.717) is 0 Å². The van der Waals surface area contributed by atoms with Gasteiger partial charge in [-0.25, -0.2) is 4.98 Å². The topological polar surface area (TPSA) is 67.0 Å². The second kappa shape index (κ2) is 6.13. The number of rotatable bonds is 4. The van der Waals surface area contributed by atoms with Crippen LogP contribution < -0.4 is 15.6 Å². The van der Waals surface area contributed by atoms with Crippen molar-refractivity contribution in [1.29, 1.82) is 0 Å². The molecule has 0 unspecified atom stereocenters. The largest absolute Gasteiger partial charge is 0.497 e. The standard InChI is InChI=1S/C17H15N3O2/c1-22-15-4-2-3-13(11-15)12-5-7-14(8-6-12)20-16-17(21)19-10-9-18-16/h2-11H,1H3,(H,18,20)(H,19,21). The highest BCUT2D eigenvalue weighted by Crippen LogP contribution is 2.25. The van der Waals surface area contributed by atoms with Crippen molar-refractivity contribution in [3.05, 3.63) is 71.3 Å². The van der Waals surface area contributed by atoms with Gasteiger partial charge in [0.15, 0.2) is 5.82 Å². The molecule has 0 saturated heterocycles. The number of methoxy groups -OCH3 is 1. The van der Waals surface area contributed by atoms with Crippen LogP contribution in [0.1, 0.15) is 0 Å². The van der Waals surface area contributed by atoms with Crippen molar-refractivity contribution in [2.75, 3.05) is 12.4 Å². The predicted octanol–water partition coefficient (Wildman–Crippen LogP) is 3.19. The minimum absolute atomic E-state index is 0.251. The van der Waals surface area contributed by atoms with Crippen molar-refractivity contribution in [1.82, 2.24) is 9.97 Å². The fourth-order valence-electron chi connectivity index (χ4n) is 2.13.